The summed E-state index contributed by atoms with van der Waals surface area (Å²) in [7, 11) is 0. The van der Waals surface area contributed by atoms with Gasteiger partial charge in [0, 0.05) is 28.4 Å². The number of hydrogen-bond acceptors (Lipinski definition) is 4. The van der Waals surface area contributed by atoms with E-state index in [0.29, 0.717) is 17.7 Å². The first kappa shape index (κ1) is 19.9. The third-order valence-electron chi connectivity index (χ3n) is 3.00. The number of amides is 1. The van der Waals surface area contributed by atoms with Gasteiger partial charge in [0.25, 0.3) is 0 Å². The third kappa shape index (κ3) is 6.93. The molecular formula is C18H21BrN2O3. The van der Waals surface area contributed by atoms with Crippen molar-refractivity contribution >= 4 is 28.1 Å². The summed E-state index contributed by atoms with van der Waals surface area (Å²) in [4.78, 5) is 10.8. The predicted octanol–water partition coefficient (Wildman–Crippen LogP) is 3.86. The molecule has 0 atom stereocenters. The zero-order valence-corrected chi connectivity index (χ0v) is 15.0. The second kappa shape index (κ2) is 10.6. The summed E-state index contributed by atoms with van der Waals surface area (Å²) in [5.41, 5.74) is 7.23. The number of hydrogen-bond donors (Lipinski definition) is 3. The summed E-state index contributed by atoms with van der Waals surface area (Å²) < 4.78 is 6.22. The van der Waals surface area contributed by atoms with E-state index in [9.17, 15) is 4.79 Å². The number of halogens is 1. The Bertz CT molecular complexity index is 672. The summed E-state index contributed by atoms with van der Waals surface area (Å²) in [5, 5.41) is 15.9. The fourth-order valence-electron chi connectivity index (χ4n) is 1.74. The molecule has 5 nitrogen and oxygen atoms in total. The van der Waals surface area contributed by atoms with Crippen LogP contribution >= 0.6 is 15.9 Å². The maximum absolute atomic E-state index is 10.8. The van der Waals surface area contributed by atoms with Crippen molar-refractivity contribution in [2.24, 2.45) is 5.73 Å². The molecule has 0 aliphatic heterocycles. The molecule has 24 heavy (non-hydrogen) atoms. The molecule has 0 aromatic heterocycles. The van der Waals surface area contributed by atoms with Crippen LogP contribution in [0, 0.1) is 5.41 Å². The highest BCUT2D eigenvalue weighted by Gasteiger charge is 1.99. The molecule has 128 valence electrons. The van der Waals surface area contributed by atoms with Crippen LogP contribution in [-0.2, 0) is 11.3 Å². The molecule has 6 heteroatoms. The molecule has 0 aliphatic rings. The van der Waals surface area contributed by atoms with Gasteiger partial charge in [-0.2, -0.15) is 0 Å². The van der Waals surface area contributed by atoms with Crippen molar-refractivity contribution in [1.29, 1.82) is 5.41 Å². The van der Waals surface area contributed by atoms with Gasteiger partial charge in [-0.25, -0.2) is 0 Å². The molecule has 0 saturated carbocycles. The van der Waals surface area contributed by atoms with Gasteiger partial charge in [-0.15, -0.1) is 0 Å². The van der Waals surface area contributed by atoms with Crippen LogP contribution in [0.1, 0.15) is 34.8 Å². The number of nitrogens with one attached hydrogen (secondary N) is 1. The molecule has 0 saturated heterocycles. The van der Waals surface area contributed by atoms with Crippen molar-refractivity contribution in [3.05, 3.63) is 63.6 Å². The second-order valence-corrected chi connectivity index (χ2v) is 5.88. The number of aromatic hydroxyl groups is 1. The first-order valence-corrected chi connectivity index (χ1v) is 8.22. The minimum absolute atomic E-state index is 0.137. The van der Waals surface area contributed by atoms with Crippen molar-refractivity contribution in [1.82, 2.24) is 0 Å². The van der Waals surface area contributed by atoms with E-state index >= 15 is 0 Å². The highest BCUT2D eigenvalue weighted by Crippen LogP contribution is 2.19. The van der Waals surface area contributed by atoms with Gasteiger partial charge in [0.05, 0.1) is 6.61 Å². The molecular weight excluding hydrogens is 372 g/mol. The molecule has 0 fully saturated rings. The minimum atomic E-state index is -0.397. The van der Waals surface area contributed by atoms with Crippen molar-refractivity contribution in [3.8, 4) is 5.75 Å². The first-order chi connectivity index (χ1) is 11.5. The summed E-state index contributed by atoms with van der Waals surface area (Å²) in [5.74, 6) is -0.260. The quantitative estimate of drug-likeness (QED) is 0.514. The summed E-state index contributed by atoms with van der Waals surface area (Å²) >= 11 is 3.22. The smallest absolute Gasteiger partial charge is 0.248 e. The highest BCUT2D eigenvalue weighted by atomic mass is 79.9. The van der Waals surface area contributed by atoms with Crippen LogP contribution in [-0.4, -0.2) is 23.8 Å². The van der Waals surface area contributed by atoms with Crippen LogP contribution in [0.3, 0.4) is 0 Å². The minimum Gasteiger partial charge on any atom is -0.507 e. The Morgan fingerprint density at radius 3 is 2.46 bits per heavy atom. The molecule has 4 N–H and O–H groups in total. The van der Waals surface area contributed by atoms with E-state index in [4.69, 9.17) is 21.0 Å². The summed E-state index contributed by atoms with van der Waals surface area (Å²) in [6, 6.07) is 12.1. The third-order valence-corrected chi connectivity index (χ3v) is 3.49. The van der Waals surface area contributed by atoms with Crippen molar-refractivity contribution in [3.63, 3.8) is 0 Å². The van der Waals surface area contributed by atoms with Gasteiger partial charge in [-0.1, -0.05) is 35.0 Å². The normalized spacial score (nSPS) is 9.75. The molecule has 0 heterocycles. The Morgan fingerprint density at radius 2 is 1.96 bits per heavy atom. The van der Waals surface area contributed by atoms with Gasteiger partial charge < -0.3 is 21.0 Å². The van der Waals surface area contributed by atoms with Crippen LogP contribution in [0.2, 0.25) is 0 Å². The van der Waals surface area contributed by atoms with Crippen LogP contribution in [0.15, 0.2) is 46.9 Å². The van der Waals surface area contributed by atoms with E-state index in [1.165, 1.54) is 0 Å². The predicted molar refractivity (Wildman–Crippen MR) is 98.6 cm³/mol. The van der Waals surface area contributed by atoms with Crippen molar-refractivity contribution in [2.75, 3.05) is 6.61 Å². The number of benzene rings is 2. The average Bonchev–Trinajstić information content (AvgIpc) is 2.58. The summed E-state index contributed by atoms with van der Waals surface area (Å²) in [6.07, 6.45) is 2.12. The Labute approximate surface area is 150 Å². The molecule has 0 radical (unpaired) electrons. The van der Waals surface area contributed by atoms with Crippen LogP contribution in [0.25, 0.3) is 0 Å². The van der Waals surface area contributed by atoms with E-state index in [1.807, 2.05) is 12.1 Å². The monoisotopic (exact) mass is 392 g/mol. The zero-order valence-electron chi connectivity index (χ0n) is 13.5. The molecule has 0 aliphatic carbocycles. The number of phenols is 1. The average molecular weight is 393 g/mol. The van der Waals surface area contributed by atoms with E-state index < -0.39 is 5.91 Å². The Balaban J connectivity index is 0.000000254. The molecule has 2 rings (SSSR count). The second-order valence-electron chi connectivity index (χ2n) is 4.96. The van der Waals surface area contributed by atoms with E-state index in [2.05, 4.69) is 22.9 Å². The fraction of sp³-hybridized carbons (Fsp3) is 0.222. The number of carbonyl (C=O) groups excluding carboxylic acids is 1. The van der Waals surface area contributed by atoms with Gasteiger partial charge in [-0.3, -0.25) is 4.79 Å². The lowest BCUT2D eigenvalue weighted by Crippen LogP contribution is -2.10. The Kier molecular flexibility index (Phi) is 8.75. The molecule has 0 bridgehead atoms. The number of primary amides is 1. The maximum atomic E-state index is 10.8. The lowest BCUT2D eigenvalue weighted by atomic mass is 10.1. The van der Waals surface area contributed by atoms with Gasteiger partial charge >= 0.3 is 0 Å². The highest BCUT2D eigenvalue weighted by molar-refractivity contribution is 9.10. The number of nitrogens with two attached hydrogens (primary N) is 1. The molecule has 2 aromatic rings. The van der Waals surface area contributed by atoms with Gasteiger partial charge in [0.15, 0.2) is 0 Å². The standard InChI is InChI=1S/C11H15NO2.C7H6BrNO/c1-2-7-14-8-9-3-5-10(6-4-9)11(12)13;8-6-1-2-7(10)5(3-6)4-9/h3-6H,2,7-8H2,1H3,(H2,12,13);1-4,9-10H. The Hall–Kier alpha value is -2.18. The van der Waals surface area contributed by atoms with Gasteiger partial charge in [0.2, 0.25) is 5.91 Å². The number of carbonyl (C=O) groups is 1. The van der Waals surface area contributed by atoms with Crippen molar-refractivity contribution in [2.45, 2.75) is 20.0 Å². The molecule has 2 aromatic carbocycles. The zero-order chi connectivity index (χ0) is 17.9. The maximum Gasteiger partial charge on any atom is 0.248 e. The fourth-order valence-corrected chi connectivity index (χ4v) is 2.12. The van der Waals surface area contributed by atoms with Crippen molar-refractivity contribution < 1.29 is 14.6 Å². The number of phenolic OH excluding ortho intramolecular Hbond substituents is 1. The Morgan fingerprint density at radius 1 is 1.29 bits per heavy atom. The molecule has 1 amide bonds. The van der Waals surface area contributed by atoms with Crippen LogP contribution in [0.4, 0.5) is 0 Å². The lowest BCUT2D eigenvalue weighted by Gasteiger charge is -2.02. The van der Waals surface area contributed by atoms with E-state index in [1.54, 1.807) is 30.3 Å². The first-order valence-electron chi connectivity index (χ1n) is 7.43. The van der Waals surface area contributed by atoms with Crippen LogP contribution in [0.5, 0.6) is 5.75 Å². The largest absolute Gasteiger partial charge is 0.507 e. The van der Waals surface area contributed by atoms with Crippen LogP contribution < -0.4 is 5.73 Å². The molecule has 0 spiro atoms. The van der Waals surface area contributed by atoms with E-state index in [-0.39, 0.29) is 5.75 Å². The number of ether oxygens (including phenoxy) is 1. The molecule has 0 unspecified atom stereocenters. The number of rotatable bonds is 6. The summed E-state index contributed by atoms with van der Waals surface area (Å²) in [6.45, 7) is 3.42. The van der Waals surface area contributed by atoms with Gasteiger partial charge in [-0.05, 0) is 42.3 Å². The van der Waals surface area contributed by atoms with Gasteiger partial charge in [0.1, 0.15) is 5.75 Å². The SMILES string of the molecule is CCCOCc1ccc(C(N)=O)cc1.N=Cc1cc(Br)ccc1O. The van der Waals surface area contributed by atoms with E-state index in [0.717, 1.165) is 29.3 Å². The lowest BCUT2D eigenvalue weighted by molar-refractivity contribution is 0.1000. The topological polar surface area (TPSA) is 96.4 Å².